The van der Waals surface area contributed by atoms with Gasteiger partial charge in [-0.1, -0.05) is 37.1 Å². The number of hydrogen-bond acceptors (Lipinski definition) is 6. The number of fused-ring (bicyclic) bond motifs is 1. The number of rotatable bonds is 6. The molecule has 0 aliphatic heterocycles. The monoisotopic (exact) mass is 439 g/mol. The van der Waals surface area contributed by atoms with Gasteiger partial charge in [-0.05, 0) is 36.2 Å². The summed E-state index contributed by atoms with van der Waals surface area (Å²) in [6, 6.07) is 14.0. The number of thiazole rings is 1. The Morgan fingerprint density at radius 3 is 2.87 bits per heavy atom. The van der Waals surface area contributed by atoms with Gasteiger partial charge in [0.1, 0.15) is 16.3 Å². The third kappa shape index (κ3) is 4.61. The quantitative estimate of drug-likeness (QED) is 0.220. The normalized spacial score (nSPS) is 11.0. The Balaban J connectivity index is 1.49. The van der Waals surface area contributed by atoms with Crippen LogP contribution in [0.15, 0.2) is 63.1 Å². The van der Waals surface area contributed by atoms with Crippen molar-refractivity contribution in [3.8, 4) is 16.3 Å². The highest BCUT2D eigenvalue weighted by molar-refractivity contribution is 7.13. The molecule has 2 aromatic carbocycles. The summed E-state index contributed by atoms with van der Waals surface area (Å²) in [5, 5.41) is 4.10. The lowest BCUT2D eigenvalue weighted by atomic mass is 10.1. The van der Waals surface area contributed by atoms with Crippen LogP contribution in [0, 0.1) is 0 Å². The molecule has 4 aromatic rings. The number of nitrogens with zero attached hydrogens (tertiary/aromatic N) is 1. The second kappa shape index (κ2) is 8.81. The first-order valence-corrected chi connectivity index (χ1v) is 10.8. The van der Waals surface area contributed by atoms with Gasteiger partial charge in [0.2, 0.25) is 0 Å². The van der Waals surface area contributed by atoms with E-state index < -0.39 is 11.6 Å². The highest BCUT2D eigenvalue weighted by atomic mass is 35.5. The number of ether oxygens (including phenoxy) is 1. The van der Waals surface area contributed by atoms with Crippen LogP contribution in [0.3, 0.4) is 0 Å². The molecule has 0 radical (unpaired) electrons. The van der Waals surface area contributed by atoms with E-state index in [0.717, 1.165) is 34.4 Å². The number of halogens is 1. The van der Waals surface area contributed by atoms with Gasteiger partial charge in [0.05, 0.1) is 12.1 Å². The average molecular weight is 440 g/mol. The number of carbonyl (C=O) groups is 1. The smallest absolute Gasteiger partial charge is 0.336 e. The zero-order chi connectivity index (χ0) is 21.1. The number of esters is 1. The van der Waals surface area contributed by atoms with E-state index in [1.165, 1.54) is 17.4 Å². The zero-order valence-electron chi connectivity index (χ0n) is 16.2. The van der Waals surface area contributed by atoms with Gasteiger partial charge in [0.25, 0.3) is 0 Å². The molecule has 0 fully saturated rings. The molecular formula is C23H18ClNO4S. The second-order valence-corrected chi connectivity index (χ2v) is 8.10. The van der Waals surface area contributed by atoms with Crippen LogP contribution < -0.4 is 10.4 Å². The first kappa shape index (κ1) is 20.3. The average Bonchev–Trinajstić information content (AvgIpc) is 3.16. The minimum Gasteiger partial charge on any atom is -0.426 e. The molecule has 2 heterocycles. The first-order chi connectivity index (χ1) is 14.5. The van der Waals surface area contributed by atoms with E-state index in [4.69, 9.17) is 20.8 Å². The first-order valence-electron chi connectivity index (χ1n) is 9.49. The fourth-order valence-electron chi connectivity index (χ4n) is 3.21. The third-order valence-corrected chi connectivity index (χ3v) is 5.68. The van der Waals surface area contributed by atoms with E-state index >= 15 is 0 Å². The molecule has 0 spiro atoms. The largest absolute Gasteiger partial charge is 0.426 e. The second-order valence-electron chi connectivity index (χ2n) is 6.80. The summed E-state index contributed by atoms with van der Waals surface area (Å²) >= 11 is 7.47. The van der Waals surface area contributed by atoms with Crippen LogP contribution in [0.5, 0.6) is 5.75 Å². The molecule has 4 rings (SSSR count). The van der Waals surface area contributed by atoms with Gasteiger partial charge in [-0.2, -0.15) is 0 Å². The molecule has 7 heteroatoms. The number of aryl methyl sites for hydroxylation is 1. The molecule has 152 valence electrons. The maximum atomic E-state index is 12.4. The van der Waals surface area contributed by atoms with Gasteiger partial charge in [-0.15, -0.1) is 11.3 Å². The van der Waals surface area contributed by atoms with E-state index in [0.29, 0.717) is 22.0 Å². The molecule has 30 heavy (non-hydrogen) atoms. The van der Waals surface area contributed by atoms with Crippen molar-refractivity contribution in [2.45, 2.75) is 26.2 Å². The minimum absolute atomic E-state index is 0.0366. The van der Waals surface area contributed by atoms with Crippen LogP contribution in [-0.2, 0) is 17.6 Å². The van der Waals surface area contributed by atoms with Crippen LogP contribution >= 0.6 is 22.9 Å². The Hall–Kier alpha value is -2.96. The Kier molecular flexibility index (Phi) is 5.97. The lowest BCUT2D eigenvalue weighted by Crippen LogP contribution is -2.11. The topological polar surface area (TPSA) is 69.4 Å². The predicted molar refractivity (Wildman–Crippen MR) is 118 cm³/mol. The molecule has 2 aromatic heterocycles. The molecule has 0 saturated carbocycles. The summed E-state index contributed by atoms with van der Waals surface area (Å²) in [6.07, 6.45) is 1.73. The van der Waals surface area contributed by atoms with Crippen LogP contribution in [0.25, 0.3) is 21.5 Å². The van der Waals surface area contributed by atoms with Crippen molar-refractivity contribution in [2.24, 2.45) is 0 Å². The Labute approximate surface area is 181 Å². The summed E-state index contributed by atoms with van der Waals surface area (Å²) in [4.78, 5) is 28.7. The summed E-state index contributed by atoms with van der Waals surface area (Å²) in [7, 11) is 0. The molecule has 0 amide bonds. The highest BCUT2D eigenvalue weighted by Crippen LogP contribution is 2.27. The van der Waals surface area contributed by atoms with Crippen molar-refractivity contribution in [3.63, 3.8) is 0 Å². The number of benzene rings is 2. The maximum absolute atomic E-state index is 12.4. The van der Waals surface area contributed by atoms with Crippen LogP contribution in [-0.4, -0.2) is 11.0 Å². The SMILES string of the molecule is CCCc1cc(=O)oc2cc(OC(=O)Cc3csc(-c4cccc(Cl)c4)n3)ccc12. The van der Waals surface area contributed by atoms with Crippen LogP contribution in [0.2, 0.25) is 5.02 Å². The van der Waals surface area contributed by atoms with Crippen molar-refractivity contribution < 1.29 is 13.9 Å². The van der Waals surface area contributed by atoms with Crippen LogP contribution in [0.4, 0.5) is 0 Å². The maximum Gasteiger partial charge on any atom is 0.336 e. The molecular weight excluding hydrogens is 422 g/mol. The Morgan fingerprint density at radius 2 is 2.07 bits per heavy atom. The molecule has 5 nitrogen and oxygen atoms in total. The Bertz CT molecular complexity index is 1280. The molecule has 0 bridgehead atoms. The zero-order valence-corrected chi connectivity index (χ0v) is 17.8. The van der Waals surface area contributed by atoms with Crippen molar-refractivity contribution in [3.05, 3.63) is 80.6 Å². The van der Waals surface area contributed by atoms with E-state index in [1.54, 1.807) is 18.2 Å². The van der Waals surface area contributed by atoms with Crippen molar-refractivity contribution >= 4 is 39.9 Å². The molecule has 0 atom stereocenters. The summed E-state index contributed by atoms with van der Waals surface area (Å²) in [5.74, 6) is -0.112. The summed E-state index contributed by atoms with van der Waals surface area (Å²) in [6.45, 7) is 2.05. The highest BCUT2D eigenvalue weighted by Gasteiger charge is 2.13. The van der Waals surface area contributed by atoms with Gasteiger partial charge in [0.15, 0.2) is 0 Å². The predicted octanol–water partition coefficient (Wildman–Crippen LogP) is 5.67. The molecule has 0 saturated heterocycles. The third-order valence-electron chi connectivity index (χ3n) is 4.50. The van der Waals surface area contributed by atoms with Crippen molar-refractivity contribution in [1.29, 1.82) is 0 Å². The minimum atomic E-state index is -0.440. The fourth-order valence-corrected chi connectivity index (χ4v) is 4.21. The van der Waals surface area contributed by atoms with Gasteiger partial charge >= 0.3 is 11.6 Å². The van der Waals surface area contributed by atoms with Gasteiger partial charge in [-0.3, -0.25) is 4.79 Å². The molecule has 0 N–H and O–H groups in total. The number of aromatic nitrogens is 1. The van der Waals surface area contributed by atoms with Gasteiger partial charge in [0, 0.05) is 33.5 Å². The number of hydrogen-bond donors (Lipinski definition) is 0. The van der Waals surface area contributed by atoms with E-state index in [2.05, 4.69) is 4.98 Å². The van der Waals surface area contributed by atoms with Gasteiger partial charge in [-0.25, -0.2) is 9.78 Å². The number of carbonyl (C=O) groups excluding carboxylic acids is 1. The van der Waals surface area contributed by atoms with Crippen molar-refractivity contribution in [2.75, 3.05) is 0 Å². The summed E-state index contributed by atoms with van der Waals surface area (Å²) in [5.41, 5.74) is 2.45. The summed E-state index contributed by atoms with van der Waals surface area (Å²) < 4.78 is 10.7. The Morgan fingerprint density at radius 1 is 1.20 bits per heavy atom. The van der Waals surface area contributed by atoms with Crippen molar-refractivity contribution in [1.82, 2.24) is 4.98 Å². The van der Waals surface area contributed by atoms with E-state index in [1.807, 2.05) is 36.6 Å². The van der Waals surface area contributed by atoms with Crippen LogP contribution in [0.1, 0.15) is 24.6 Å². The molecule has 0 unspecified atom stereocenters. The lowest BCUT2D eigenvalue weighted by Gasteiger charge is -2.07. The fraction of sp³-hybridized carbons (Fsp3) is 0.174. The van der Waals surface area contributed by atoms with Gasteiger partial charge < -0.3 is 9.15 Å². The molecule has 0 aliphatic carbocycles. The standard InChI is InChI=1S/C23H18ClNO4S/c1-2-4-14-10-21(26)29-20-12-18(7-8-19(14)20)28-22(27)11-17-13-30-23(25-17)15-5-3-6-16(24)9-15/h3,5-10,12-13H,2,4,11H2,1H3. The van der Waals surface area contributed by atoms with E-state index in [-0.39, 0.29) is 6.42 Å². The molecule has 0 aliphatic rings. The lowest BCUT2D eigenvalue weighted by molar-refractivity contribution is -0.133. The van der Waals surface area contributed by atoms with E-state index in [9.17, 15) is 9.59 Å².